The summed E-state index contributed by atoms with van der Waals surface area (Å²) in [7, 11) is 1.86. The molecule has 0 amide bonds. The number of halogens is 1. The molecule has 0 spiro atoms. The lowest BCUT2D eigenvalue weighted by Gasteiger charge is -2.08. The van der Waals surface area contributed by atoms with Gasteiger partial charge in [0.1, 0.15) is 5.75 Å². The molecule has 1 aromatic carbocycles. The normalized spacial score (nSPS) is 10.2. The van der Waals surface area contributed by atoms with Gasteiger partial charge in [0.05, 0.1) is 18.2 Å². The van der Waals surface area contributed by atoms with Gasteiger partial charge in [-0.3, -0.25) is 0 Å². The standard InChI is InChI=1S/C14H14BrN3O/c1-10-13(9-15)14(18(2)17-10)19-12-5-3-11(4-6-12)7-8-16/h3-6H,7,9H2,1-2H3. The van der Waals surface area contributed by atoms with E-state index in [2.05, 4.69) is 27.1 Å². The predicted molar refractivity (Wildman–Crippen MR) is 76.4 cm³/mol. The van der Waals surface area contributed by atoms with Crippen LogP contribution in [0.25, 0.3) is 0 Å². The number of hydrogen-bond acceptors (Lipinski definition) is 3. The topological polar surface area (TPSA) is 50.8 Å². The number of nitrogens with zero attached hydrogens (tertiary/aromatic N) is 3. The molecule has 19 heavy (non-hydrogen) atoms. The Morgan fingerprint density at radius 3 is 2.63 bits per heavy atom. The molecule has 1 heterocycles. The molecule has 0 fully saturated rings. The molecule has 0 unspecified atom stereocenters. The molecule has 0 aliphatic carbocycles. The maximum absolute atomic E-state index is 8.63. The average molecular weight is 320 g/mol. The van der Waals surface area contributed by atoms with Gasteiger partial charge in [-0.05, 0) is 24.6 Å². The number of ether oxygens (including phenoxy) is 1. The lowest BCUT2D eigenvalue weighted by atomic mass is 10.2. The van der Waals surface area contributed by atoms with Gasteiger partial charge in [-0.15, -0.1) is 0 Å². The second kappa shape index (κ2) is 5.89. The Morgan fingerprint density at radius 2 is 2.05 bits per heavy atom. The molecular formula is C14H14BrN3O. The molecule has 5 heteroatoms. The van der Waals surface area contributed by atoms with E-state index in [1.165, 1.54) is 0 Å². The summed E-state index contributed by atoms with van der Waals surface area (Å²) < 4.78 is 7.60. The first-order chi connectivity index (χ1) is 9.15. The van der Waals surface area contributed by atoms with Crippen molar-refractivity contribution >= 4 is 15.9 Å². The van der Waals surface area contributed by atoms with Crippen LogP contribution < -0.4 is 4.74 Å². The van der Waals surface area contributed by atoms with E-state index in [-0.39, 0.29) is 0 Å². The molecule has 4 nitrogen and oxygen atoms in total. The van der Waals surface area contributed by atoms with Crippen molar-refractivity contribution in [2.24, 2.45) is 7.05 Å². The maximum atomic E-state index is 8.63. The van der Waals surface area contributed by atoms with E-state index in [1.54, 1.807) is 4.68 Å². The lowest BCUT2D eigenvalue weighted by Crippen LogP contribution is -1.96. The summed E-state index contributed by atoms with van der Waals surface area (Å²) in [5.41, 5.74) is 2.98. The highest BCUT2D eigenvalue weighted by Crippen LogP contribution is 2.28. The van der Waals surface area contributed by atoms with Gasteiger partial charge in [0.25, 0.3) is 0 Å². The minimum Gasteiger partial charge on any atom is -0.439 e. The summed E-state index contributed by atoms with van der Waals surface area (Å²) in [5, 5.41) is 13.7. The van der Waals surface area contributed by atoms with Gasteiger partial charge < -0.3 is 4.74 Å². The van der Waals surface area contributed by atoms with Crippen LogP contribution in [0.4, 0.5) is 0 Å². The van der Waals surface area contributed by atoms with E-state index < -0.39 is 0 Å². The largest absolute Gasteiger partial charge is 0.439 e. The van der Waals surface area contributed by atoms with E-state index in [0.717, 1.165) is 28.5 Å². The zero-order valence-corrected chi connectivity index (χ0v) is 12.4. The highest BCUT2D eigenvalue weighted by Gasteiger charge is 2.14. The third kappa shape index (κ3) is 2.96. The first-order valence-electron chi connectivity index (χ1n) is 5.88. The van der Waals surface area contributed by atoms with E-state index >= 15 is 0 Å². The first-order valence-corrected chi connectivity index (χ1v) is 7.00. The van der Waals surface area contributed by atoms with Crippen LogP contribution in [0, 0.1) is 18.3 Å². The van der Waals surface area contributed by atoms with Crippen molar-refractivity contribution < 1.29 is 4.74 Å². The summed E-state index contributed by atoms with van der Waals surface area (Å²) in [6.45, 7) is 1.96. The third-order valence-electron chi connectivity index (χ3n) is 2.84. The molecule has 98 valence electrons. The van der Waals surface area contributed by atoms with Crippen molar-refractivity contribution in [1.29, 1.82) is 5.26 Å². The Bertz CT molecular complexity index is 611. The highest BCUT2D eigenvalue weighted by atomic mass is 79.9. The van der Waals surface area contributed by atoms with Crippen molar-refractivity contribution in [1.82, 2.24) is 9.78 Å². The minimum atomic E-state index is 0.414. The fourth-order valence-electron chi connectivity index (χ4n) is 1.84. The van der Waals surface area contributed by atoms with Crippen molar-refractivity contribution in [3.8, 4) is 17.7 Å². The monoisotopic (exact) mass is 319 g/mol. The molecule has 0 atom stereocenters. The number of hydrogen-bond donors (Lipinski definition) is 0. The smallest absolute Gasteiger partial charge is 0.221 e. The van der Waals surface area contributed by atoms with Crippen molar-refractivity contribution in [3.05, 3.63) is 41.1 Å². The van der Waals surface area contributed by atoms with Crippen molar-refractivity contribution in [2.45, 2.75) is 18.7 Å². The molecule has 0 aliphatic heterocycles. The van der Waals surface area contributed by atoms with Crippen molar-refractivity contribution in [2.75, 3.05) is 0 Å². The average Bonchev–Trinajstić information content (AvgIpc) is 2.66. The molecule has 0 bridgehead atoms. The fourth-order valence-corrected chi connectivity index (χ4v) is 2.49. The molecule has 0 saturated carbocycles. The van der Waals surface area contributed by atoms with Gasteiger partial charge in [-0.25, -0.2) is 4.68 Å². The summed E-state index contributed by atoms with van der Waals surface area (Å²) in [5.74, 6) is 1.48. The van der Waals surface area contributed by atoms with Gasteiger partial charge in [0.15, 0.2) is 0 Å². The Labute approximate surface area is 120 Å². The number of aromatic nitrogens is 2. The Hall–Kier alpha value is -1.80. The van der Waals surface area contributed by atoms with Gasteiger partial charge in [-0.2, -0.15) is 10.4 Å². The maximum Gasteiger partial charge on any atom is 0.221 e. The molecule has 2 aromatic rings. The lowest BCUT2D eigenvalue weighted by molar-refractivity contribution is 0.427. The molecule has 2 rings (SSSR count). The van der Waals surface area contributed by atoms with Crippen molar-refractivity contribution in [3.63, 3.8) is 0 Å². The number of rotatable bonds is 4. The van der Waals surface area contributed by atoms with Gasteiger partial charge in [-0.1, -0.05) is 28.1 Å². The molecule has 0 radical (unpaired) electrons. The molecule has 0 saturated heterocycles. The molecule has 0 aliphatic rings. The van der Waals surface area contributed by atoms with Crippen LogP contribution in [0.3, 0.4) is 0 Å². The van der Waals surface area contributed by atoms with Gasteiger partial charge >= 0.3 is 0 Å². The SMILES string of the molecule is Cc1nn(C)c(Oc2ccc(CC#N)cc2)c1CBr. The number of benzene rings is 1. The van der Waals surface area contributed by atoms with E-state index in [0.29, 0.717) is 11.8 Å². The molecular weight excluding hydrogens is 306 g/mol. The summed E-state index contributed by atoms with van der Waals surface area (Å²) in [6.07, 6.45) is 0.414. The van der Waals surface area contributed by atoms with Crippen LogP contribution in [0.5, 0.6) is 11.6 Å². The fraction of sp³-hybridized carbons (Fsp3) is 0.286. The summed E-state index contributed by atoms with van der Waals surface area (Å²) >= 11 is 3.45. The summed E-state index contributed by atoms with van der Waals surface area (Å²) in [4.78, 5) is 0. The van der Waals surface area contributed by atoms with E-state index in [9.17, 15) is 0 Å². The predicted octanol–water partition coefficient (Wildman–Crippen LogP) is 3.48. The van der Waals surface area contributed by atoms with E-state index in [4.69, 9.17) is 10.00 Å². The summed E-state index contributed by atoms with van der Waals surface area (Å²) in [6, 6.07) is 9.66. The van der Waals surface area contributed by atoms with Crippen LogP contribution in [-0.4, -0.2) is 9.78 Å². The highest BCUT2D eigenvalue weighted by molar-refractivity contribution is 9.08. The molecule has 0 N–H and O–H groups in total. The van der Waals surface area contributed by atoms with Gasteiger partial charge in [0.2, 0.25) is 5.88 Å². The second-order valence-electron chi connectivity index (χ2n) is 4.21. The first kappa shape index (κ1) is 13.6. The number of nitriles is 1. The van der Waals surface area contributed by atoms with Crippen LogP contribution in [0.15, 0.2) is 24.3 Å². The third-order valence-corrected chi connectivity index (χ3v) is 3.40. The van der Waals surface area contributed by atoms with E-state index in [1.807, 2.05) is 38.2 Å². The Morgan fingerprint density at radius 1 is 1.37 bits per heavy atom. The minimum absolute atomic E-state index is 0.414. The number of aryl methyl sites for hydroxylation is 2. The quantitative estimate of drug-likeness (QED) is 0.811. The van der Waals surface area contributed by atoms with Crippen LogP contribution in [0.2, 0.25) is 0 Å². The number of alkyl halides is 1. The second-order valence-corrected chi connectivity index (χ2v) is 4.77. The Balaban J connectivity index is 2.24. The van der Waals surface area contributed by atoms with Crippen LogP contribution >= 0.6 is 15.9 Å². The Kier molecular flexibility index (Phi) is 4.23. The van der Waals surface area contributed by atoms with Crippen LogP contribution in [-0.2, 0) is 18.8 Å². The van der Waals surface area contributed by atoms with Gasteiger partial charge in [0, 0.05) is 17.9 Å². The zero-order valence-electron chi connectivity index (χ0n) is 10.9. The molecule has 1 aromatic heterocycles. The van der Waals surface area contributed by atoms with Crippen LogP contribution in [0.1, 0.15) is 16.8 Å². The zero-order chi connectivity index (χ0) is 13.8.